The Balaban J connectivity index is 1.76. The van der Waals surface area contributed by atoms with Crippen molar-refractivity contribution in [2.24, 2.45) is 0 Å². The summed E-state index contributed by atoms with van der Waals surface area (Å²) in [5.41, 5.74) is 1.21. The maximum Gasteiger partial charge on any atom is 0.224 e. The Hall–Kier alpha value is -2.04. The van der Waals surface area contributed by atoms with Gasteiger partial charge >= 0.3 is 0 Å². The minimum atomic E-state index is -0.0910. The Morgan fingerprint density at radius 2 is 1.75 bits per heavy atom. The molecule has 5 heteroatoms. The van der Waals surface area contributed by atoms with Crippen LogP contribution in [0.5, 0.6) is 0 Å². The second kappa shape index (κ2) is 6.93. The van der Waals surface area contributed by atoms with Crippen LogP contribution in [-0.4, -0.2) is 49.4 Å². The molecule has 0 spiro atoms. The molecule has 2 rings (SSSR count). The lowest BCUT2D eigenvalue weighted by Crippen LogP contribution is -2.49. The lowest BCUT2D eigenvalue weighted by Gasteiger charge is -2.36. The van der Waals surface area contributed by atoms with E-state index >= 15 is 0 Å². The molecule has 0 atom stereocenters. The highest BCUT2D eigenvalue weighted by molar-refractivity contribution is 5.78. The molecular formula is C15H21N3O2. The van der Waals surface area contributed by atoms with Crippen LogP contribution in [0.4, 0.5) is 5.69 Å². The minimum absolute atomic E-state index is 0.0910. The normalized spacial score (nSPS) is 15.1. The van der Waals surface area contributed by atoms with Gasteiger partial charge in [0.1, 0.15) is 0 Å². The number of amides is 2. The summed E-state index contributed by atoms with van der Waals surface area (Å²) in [7, 11) is 0. The van der Waals surface area contributed by atoms with Crippen molar-refractivity contribution < 1.29 is 9.59 Å². The van der Waals surface area contributed by atoms with Gasteiger partial charge in [-0.2, -0.15) is 0 Å². The van der Waals surface area contributed by atoms with Gasteiger partial charge in [-0.15, -0.1) is 0 Å². The van der Waals surface area contributed by atoms with E-state index in [-0.39, 0.29) is 11.8 Å². The highest BCUT2D eigenvalue weighted by Crippen LogP contribution is 2.15. The van der Waals surface area contributed by atoms with Crippen LogP contribution in [0.2, 0.25) is 0 Å². The lowest BCUT2D eigenvalue weighted by atomic mass is 10.2. The molecule has 1 saturated heterocycles. The molecule has 2 amide bonds. The molecular weight excluding hydrogens is 254 g/mol. The summed E-state index contributed by atoms with van der Waals surface area (Å²) < 4.78 is 0. The Morgan fingerprint density at radius 3 is 2.35 bits per heavy atom. The van der Waals surface area contributed by atoms with Crippen molar-refractivity contribution in [3.8, 4) is 0 Å². The fourth-order valence-electron chi connectivity index (χ4n) is 2.36. The number of piperazine rings is 1. The monoisotopic (exact) mass is 275 g/mol. The van der Waals surface area contributed by atoms with Gasteiger partial charge in [-0.25, -0.2) is 0 Å². The van der Waals surface area contributed by atoms with Crippen LogP contribution in [0.1, 0.15) is 13.3 Å². The molecule has 1 aliphatic heterocycles. The van der Waals surface area contributed by atoms with Crippen molar-refractivity contribution >= 4 is 17.5 Å². The van der Waals surface area contributed by atoms with Crippen LogP contribution in [0, 0.1) is 0 Å². The van der Waals surface area contributed by atoms with Gasteiger partial charge in [-0.3, -0.25) is 9.59 Å². The molecule has 20 heavy (non-hydrogen) atoms. The second-order valence-electron chi connectivity index (χ2n) is 4.94. The quantitative estimate of drug-likeness (QED) is 0.887. The SMILES string of the molecule is CC(=O)NCCC(=O)N1CCN(c2ccccc2)CC1. The summed E-state index contributed by atoms with van der Waals surface area (Å²) in [6.45, 7) is 5.09. The smallest absolute Gasteiger partial charge is 0.224 e. The molecule has 0 radical (unpaired) electrons. The first-order valence-electron chi connectivity index (χ1n) is 6.99. The fourth-order valence-corrected chi connectivity index (χ4v) is 2.36. The van der Waals surface area contributed by atoms with Gasteiger partial charge < -0.3 is 15.1 Å². The molecule has 0 unspecified atom stereocenters. The van der Waals surface area contributed by atoms with Crippen LogP contribution < -0.4 is 10.2 Å². The number of carbonyl (C=O) groups is 2. The number of benzene rings is 1. The van der Waals surface area contributed by atoms with Crippen molar-refractivity contribution in [2.45, 2.75) is 13.3 Å². The van der Waals surface area contributed by atoms with E-state index in [1.54, 1.807) is 0 Å². The predicted molar refractivity (Wildman–Crippen MR) is 78.5 cm³/mol. The van der Waals surface area contributed by atoms with Gasteiger partial charge in [0, 0.05) is 51.8 Å². The lowest BCUT2D eigenvalue weighted by molar-refractivity contribution is -0.131. The summed E-state index contributed by atoms with van der Waals surface area (Å²) in [6.07, 6.45) is 0.380. The number of hydrogen-bond donors (Lipinski definition) is 1. The number of nitrogens with one attached hydrogen (secondary N) is 1. The van der Waals surface area contributed by atoms with Crippen LogP contribution in [0.15, 0.2) is 30.3 Å². The van der Waals surface area contributed by atoms with E-state index in [1.165, 1.54) is 12.6 Å². The average Bonchev–Trinajstić information content (AvgIpc) is 2.48. The molecule has 0 aromatic heterocycles. The van der Waals surface area contributed by atoms with Gasteiger partial charge in [0.25, 0.3) is 0 Å². The van der Waals surface area contributed by atoms with E-state index in [9.17, 15) is 9.59 Å². The van der Waals surface area contributed by atoms with Crippen LogP contribution >= 0.6 is 0 Å². The minimum Gasteiger partial charge on any atom is -0.368 e. The van der Waals surface area contributed by atoms with Crippen LogP contribution in [0.25, 0.3) is 0 Å². The Bertz CT molecular complexity index is 453. The number of para-hydroxylation sites is 1. The highest BCUT2D eigenvalue weighted by atomic mass is 16.2. The first-order chi connectivity index (χ1) is 9.66. The van der Waals surface area contributed by atoms with Gasteiger partial charge in [0.05, 0.1) is 0 Å². The van der Waals surface area contributed by atoms with E-state index in [2.05, 4.69) is 22.3 Å². The number of carbonyl (C=O) groups excluding carboxylic acids is 2. The largest absolute Gasteiger partial charge is 0.368 e. The van der Waals surface area contributed by atoms with E-state index < -0.39 is 0 Å². The molecule has 1 heterocycles. The molecule has 1 aromatic rings. The van der Waals surface area contributed by atoms with E-state index in [4.69, 9.17) is 0 Å². The standard InChI is InChI=1S/C15H21N3O2/c1-13(19)16-8-7-15(20)18-11-9-17(10-12-18)14-5-3-2-4-6-14/h2-6H,7-12H2,1H3,(H,16,19). The zero-order chi connectivity index (χ0) is 14.4. The summed E-state index contributed by atoms with van der Waals surface area (Å²) in [6, 6.07) is 10.2. The van der Waals surface area contributed by atoms with Gasteiger partial charge in [0.15, 0.2) is 0 Å². The number of rotatable bonds is 4. The number of nitrogens with zero attached hydrogens (tertiary/aromatic N) is 2. The summed E-state index contributed by atoms with van der Waals surface area (Å²) in [5, 5.41) is 2.65. The third kappa shape index (κ3) is 3.98. The molecule has 5 nitrogen and oxygen atoms in total. The topological polar surface area (TPSA) is 52.7 Å². The van der Waals surface area contributed by atoms with Crippen LogP contribution in [-0.2, 0) is 9.59 Å². The first-order valence-corrected chi connectivity index (χ1v) is 6.99. The predicted octanol–water partition coefficient (Wildman–Crippen LogP) is 0.861. The van der Waals surface area contributed by atoms with E-state index in [0.717, 1.165) is 26.2 Å². The Morgan fingerprint density at radius 1 is 1.10 bits per heavy atom. The maximum atomic E-state index is 12.0. The summed E-state index contributed by atoms with van der Waals surface area (Å²) >= 11 is 0. The van der Waals surface area contributed by atoms with E-state index in [1.807, 2.05) is 23.1 Å². The average molecular weight is 275 g/mol. The van der Waals surface area contributed by atoms with Crippen molar-refractivity contribution in [2.75, 3.05) is 37.6 Å². The molecule has 0 bridgehead atoms. The molecule has 1 fully saturated rings. The fraction of sp³-hybridized carbons (Fsp3) is 0.467. The van der Waals surface area contributed by atoms with Gasteiger partial charge in [0.2, 0.25) is 11.8 Å². The highest BCUT2D eigenvalue weighted by Gasteiger charge is 2.20. The van der Waals surface area contributed by atoms with Gasteiger partial charge in [-0.1, -0.05) is 18.2 Å². The zero-order valence-electron chi connectivity index (χ0n) is 11.8. The molecule has 1 aliphatic rings. The number of anilines is 1. The van der Waals surface area contributed by atoms with Crippen LogP contribution in [0.3, 0.4) is 0 Å². The Labute approximate surface area is 119 Å². The zero-order valence-corrected chi connectivity index (χ0v) is 11.8. The summed E-state index contributed by atoms with van der Waals surface area (Å²) in [5.74, 6) is 0.0261. The third-order valence-corrected chi connectivity index (χ3v) is 3.47. The summed E-state index contributed by atoms with van der Waals surface area (Å²) in [4.78, 5) is 26.9. The van der Waals surface area contributed by atoms with Crippen molar-refractivity contribution in [1.82, 2.24) is 10.2 Å². The maximum absolute atomic E-state index is 12.0. The van der Waals surface area contributed by atoms with Gasteiger partial charge in [-0.05, 0) is 12.1 Å². The molecule has 108 valence electrons. The Kier molecular flexibility index (Phi) is 4.98. The third-order valence-electron chi connectivity index (χ3n) is 3.47. The molecule has 0 aliphatic carbocycles. The number of hydrogen-bond acceptors (Lipinski definition) is 3. The van der Waals surface area contributed by atoms with E-state index in [0.29, 0.717) is 13.0 Å². The molecule has 1 aromatic carbocycles. The van der Waals surface area contributed by atoms with Crippen molar-refractivity contribution in [3.05, 3.63) is 30.3 Å². The van der Waals surface area contributed by atoms with Crippen molar-refractivity contribution in [1.29, 1.82) is 0 Å². The van der Waals surface area contributed by atoms with Crippen molar-refractivity contribution in [3.63, 3.8) is 0 Å². The second-order valence-corrected chi connectivity index (χ2v) is 4.94. The molecule has 0 saturated carbocycles. The molecule has 1 N–H and O–H groups in total. The first kappa shape index (κ1) is 14.4.